The molecule has 0 spiro atoms. The van der Waals surface area contributed by atoms with E-state index in [2.05, 4.69) is 4.72 Å². The molecule has 0 aliphatic carbocycles. The average molecular weight is 238 g/mol. The third-order valence-corrected chi connectivity index (χ3v) is 4.01. The molecule has 15 heavy (non-hydrogen) atoms. The zero-order chi connectivity index (χ0) is 11.9. The normalized spacial score (nSPS) is 14.5. The molecule has 1 unspecified atom stereocenters. The molecular formula is C9H22N2O3S. The van der Waals surface area contributed by atoms with Gasteiger partial charge in [-0.3, -0.25) is 0 Å². The molecule has 0 aliphatic rings. The van der Waals surface area contributed by atoms with Crippen molar-refractivity contribution in [3.05, 3.63) is 0 Å². The highest BCUT2D eigenvalue weighted by Crippen LogP contribution is 2.02. The van der Waals surface area contributed by atoms with E-state index in [1.54, 1.807) is 13.8 Å². The van der Waals surface area contributed by atoms with Crippen LogP contribution in [0.2, 0.25) is 0 Å². The molecule has 92 valence electrons. The summed E-state index contributed by atoms with van der Waals surface area (Å²) < 4.78 is 27.2. The van der Waals surface area contributed by atoms with Crippen molar-refractivity contribution in [3.8, 4) is 0 Å². The van der Waals surface area contributed by atoms with Gasteiger partial charge in [0.2, 0.25) is 0 Å². The van der Waals surface area contributed by atoms with Crippen LogP contribution < -0.4 is 4.72 Å². The fourth-order valence-electron chi connectivity index (χ4n) is 1.22. The minimum absolute atomic E-state index is 0.0914. The second kappa shape index (κ2) is 7.16. The zero-order valence-corrected chi connectivity index (χ0v) is 10.5. The molecule has 0 amide bonds. The van der Waals surface area contributed by atoms with Gasteiger partial charge in [0.05, 0.1) is 0 Å². The third-order valence-electron chi connectivity index (χ3n) is 2.28. The molecule has 0 aliphatic heterocycles. The monoisotopic (exact) mass is 238 g/mol. The predicted octanol–water partition coefficient (Wildman–Crippen LogP) is 0.181. The first kappa shape index (κ1) is 14.8. The fraction of sp³-hybridized carbons (Fsp3) is 1.00. The van der Waals surface area contributed by atoms with Crippen molar-refractivity contribution in [3.63, 3.8) is 0 Å². The lowest BCUT2D eigenvalue weighted by molar-refractivity contribution is 0.262. The van der Waals surface area contributed by atoms with E-state index in [1.165, 1.54) is 4.31 Å². The molecule has 2 N–H and O–H groups in total. The minimum atomic E-state index is -3.33. The molecule has 6 heteroatoms. The van der Waals surface area contributed by atoms with E-state index in [-0.39, 0.29) is 12.5 Å². The molecule has 5 nitrogen and oxygen atoms in total. The number of nitrogens with zero attached hydrogens (tertiary/aromatic N) is 1. The zero-order valence-electron chi connectivity index (χ0n) is 9.73. The van der Waals surface area contributed by atoms with Gasteiger partial charge in [0.25, 0.3) is 10.2 Å². The Labute approximate surface area is 92.7 Å². The average Bonchev–Trinajstić information content (AvgIpc) is 2.17. The molecule has 0 saturated heterocycles. The quantitative estimate of drug-likeness (QED) is 0.634. The number of rotatable bonds is 8. The van der Waals surface area contributed by atoms with E-state index < -0.39 is 10.2 Å². The van der Waals surface area contributed by atoms with Gasteiger partial charge in [-0.05, 0) is 12.3 Å². The van der Waals surface area contributed by atoms with Crippen molar-refractivity contribution >= 4 is 10.2 Å². The molecule has 0 radical (unpaired) electrons. The summed E-state index contributed by atoms with van der Waals surface area (Å²) >= 11 is 0. The van der Waals surface area contributed by atoms with E-state index in [4.69, 9.17) is 5.11 Å². The summed E-state index contributed by atoms with van der Waals surface area (Å²) in [6, 6.07) is 0. The van der Waals surface area contributed by atoms with E-state index in [9.17, 15) is 8.42 Å². The number of hydrogen-bond acceptors (Lipinski definition) is 3. The van der Waals surface area contributed by atoms with Gasteiger partial charge in [0, 0.05) is 26.2 Å². The molecule has 0 fully saturated rings. The predicted molar refractivity (Wildman–Crippen MR) is 60.7 cm³/mol. The Morgan fingerprint density at radius 1 is 1.33 bits per heavy atom. The summed E-state index contributed by atoms with van der Waals surface area (Å²) in [7, 11) is -3.33. The SMILES string of the molecule is CCN(CC)S(=O)(=O)NCC(C)CCO. The van der Waals surface area contributed by atoms with Gasteiger partial charge in [-0.1, -0.05) is 20.8 Å². The van der Waals surface area contributed by atoms with Crippen LogP contribution in [-0.4, -0.2) is 44.1 Å². The van der Waals surface area contributed by atoms with Crippen molar-refractivity contribution in [2.45, 2.75) is 27.2 Å². The molecule has 0 aromatic carbocycles. The summed E-state index contributed by atoms with van der Waals surface area (Å²) in [6.45, 7) is 6.93. The van der Waals surface area contributed by atoms with Crippen LogP contribution in [0.4, 0.5) is 0 Å². The summed E-state index contributed by atoms with van der Waals surface area (Å²) in [5.74, 6) is 0.153. The van der Waals surface area contributed by atoms with Crippen LogP contribution in [0, 0.1) is 5.92 Å². The number of aliphatic hydroxyl groups is 1. The van der Waals surface area contributed by atoms with Crippen LogP contribution in [0.15, 0.2) is 0 Å². The Morgan fingerprint density at radius 2 is 1.87 bits per heavy atom. The largest absolute Gasteiger partial charge is 0.396 e. The Hall–Kier alpha value is -0.170. The Bertz CT molecular complexity index is 250. The number of nitrogens with one attached hydrogen (secondary N) is 1. The molecule has 0 heterocycles. The van der Waals surface area contributed by atoms with Crippen molar-refractivity contribution in [2.75, 3.05) is 26.2 Å². The first-order valence-corrected chi connectivity index (χ1v) is 6.77. The lowest BCUT2D eigenvalue weighted by atomic mass is 10.1. The smallest absolute Gasteiger partial charge is 0.279 e. The summed E-state index contributed by atoms with van der Waals surface area (Å²) in [6.07, 6.45) is 0.612. The lowest BCUT2D eigenvalue weighted by Crippen LogP contribution is -2.42. The highest BCUT2D eigenvalue weighted by Gasteiger charge is 2.18. The van der Waals surface area contributed by atoms with E-state index in [1.807, 2.05) is 6.92 Å². The topological polar surface area (TPSA) is 69.6 Å². The van der Waals surface area contributed by atoms with Gasteiger partial charge < -0.3 is 5.11 Å². The van der Waals surface area contributed by atoms with Gasteiger partial charge in [-0.25, -0.2) is 4.72 Å². The van der Waals surface area contributed by atoms with Crippen LogP contribution in [0.3, 0.4) is 0 Å². The van der Waals surface area contributed by atoms with Gasteiger partial charge in [0.15, 0.2) is 0 Å². The third kappa shape index (κ3) is 5.46. The number of hydrogen-bond donors (Lipinski definition) is 2. The van der Waals surface area contributed by atoms with Crippen LogP contribution in [0.1, 0.15) is 27.2 Å². The number of aliphatic hydroxyl groups excluding tert-OH is 1. The van der Waals surface area contributed by atoms with Crippen LogP contribution in [-0.2, 0) is 10.2 Å². The Morgan fingerprint density at radius 3 is 2.27 bits per heavy atom. The highest BCUT2D eigenvalue weighted by atomic mass is 32.2. The molecule has 0 saturated carbocycles. The maximum Gasteiger partial charge on any atom is 0.279 e. The highest BCUT2D eigenvalue weighted by molar-refractivity contribution is 7.87. The Balaban J connectivity index is 4.14. The Kier molecular flexibility index (Phi) is 7.08. The second-order valence-electron chi connectivity index (χ2n) is 3.56. The first-order chi connectivity index (χ1) is 6.97. The second-order valence-corrected chi connectivity index (χ2v) is 5.31. The molecule has 1 atom stereocenters. The van der Waals surface area contributed by atoms with Crippen LogP contribution in [0.25, 0.3) is 0 Å². The summed E-state index contributed by atoms with van der Waals surface area (Å²) in [5.41, 5.74) is 0. The van der Waals surface area contributed by atoms with E-state index >= 15 is 0 Å². The van der Waals surface area contributed by atoms with Crippen LogP contribution >= 0.6 is 0 Å². The molecule has 0 aromatic rings. The molecular weight excluding hydrogens is 216 g/mol. The fourth-order valence-corrected chi connectivity index (χ4v) is 2.58. The van der Waals surface area contributed by atoms with E-state index in [0.29, 0.717) is 26.1 Å². The van der Waals surface area contributed by atoms with E-state index in [0.717, 1.165) is 0 Å². The maximum absolute atomic E-state index is 11.7. The van der Waals surface area contributed by atoms with Gasteiger partial charge in [-0.2, -0.15) is 12.7 Å². The van der Waals surface area contributed by atoms with Gasteiger partial charge in [0.1, 0.15) is 0 Å². The lowest BCUT2D eigenvalue weighted by Gasteiger charge is -2.20. The summed E-state index contributed by atoms with van der Waals surface area (Å²) in [4.78, 5) is 0. The minimum Gasteiger partial charge on any atom is -0.396 e. The van der Waals surface area contributed by atoms with Gasteiger partial charge >= 0.3 is 0 Å². The summed E-state index contributed by atoms with van der Waals surface area (Å²) in [5, 5.41) is 8.68. The maximum atomic E-state index is 11.7. The molecule has 0 aromatic heterocycles. The van der Waals surface area contributed by atoms with Crippen molar-refractivity contribution in [1.29, 1.82) is 0 Å². The van der Waals surface area contributed by atoms with Crippen molar-refractivity contribution in [1.82, 2.24) is 9.03 Å². The standard InChI is InChI=1S/C9H22N2O3S/c1-4-11(5-2)15(13,14)10-8-9(3)6-7-12/h9-10,12H,4-8H2,1-3H3. The molecule has 0 rings (SSSR count). The van der Waals surface area contributed by atoms with Crippen LogP contribution in [0.5, 0.6) is 0 Å². The molecule has 0 bridgehead atoms. The first-order valence-electron chi connectivity index (χ1n) is 5.33. The van der Waals surface area contributed by atoms with Gasteiger partial charge in [-0.15, -0.1) is 0 Å². The van der Waals surface area contributed by atoms with Crippen molar-refractivity contribution < 1.29 is 13.5 Å². The van der Waals surface area contributed by atoms with Crippen molar-refractivity contribution in [2.24, 2.45) is 5.92 Å².